The maximum absolute atomic E-state index is 11.7. The zero-order chi connectivity index (χ0) is 19.8. The first kappa shape index (κ1) is 20.7. The third-order valence-corrected chi connectivity index (χ3v) is 3.91. The van der Waals surface area contributed by atoms with E-state index in [-0.39, 0.29) is 12.6 Å². The highest BCUT2D eigenvalue weighted by molar-refractivity contribution is 6.35. The minimum Gasteiger partial charge on any atom is -0.488 e. The minimum absolute atomic E-state index is 0.148. The molecule has 0 aromatic heterocycles. The van der Waals surface area contributed by atoms with E-state index in [2.05, 4.69) is 15.8 Å². The van der Waals surface area contributed by atoms with E-state index in [0.29, 0.717) is 21.4 Å². The second-order valence-corrected chi connectivity index (χ2v) is 6.73. The molecule has 0 bridgehead atoms. The maximum Gasteiger partial charge on any atom is 0.329 e. The van der Waals surface area contributed by atoms with Crippen LogP contribution >= 0.6 is 23.2 Å². The van der Waals surface area contributed by atoms with Crippen molar-refractivity contribution >= 4 is 41.2 Å². The monoisotopic (exact) mass is 407 g/mol. The molecule has 0 radical (unpaired) electrons. The smallest absolute Gasteiger partial charge is 0.329 e. The molecule has 27 heavy (non-hydrogen) atoms. The van der Waals surface area contributed by atoms with Gasteiger partial charge in [-0.3, -0.25) is 9.59 Å². The van der Waals surface area contributed by atoms with Crippen molar-refractivity contribution in [3.05, 3.63) is 63.6 Å². The molecule has 6 nitrogen and oxygen atoms in total. The van der Waals surface area contributed by atoms with Gasteiger partial charge in [-0.15, -0.1) is 0 Å². The summed E-state index contributed by atoms with van der Waals surface area (Å²) in [4.78, 5) is 23.2. The lowest BCUT2D eigenvalue weighted by molar-refractivity contribution is -0.139. The molecule has 0 aliphatic heterocycles. The highest BCUT2D eigenvalue weighted by atomic mass is 35.5. The second kappa shape index (κ2) is 9.94. The lowest BCUT2D eigenvalue weighted by atomic mass is 10.2. The van der Waals surface area contributed by atoms with Gasteiger partial charge in [-0.25, -0.2) is 5.43 Å². The fraction of sp³-hybridized carbons (Fsp3) is 0.211. The van der Waals surface area contributed by atoms with E-state index in [1.165, 1.54) is 6.21 Å². The number of nitrogens with zero attached hydrogens (tertiary/aromatic N) is 1. The van der Waals surface area contributed by atoms with E-state index in [9.17, 15) is 9.59 Å². The molecule has 2 aromatic rings. The number of nitrogens with one attached hydrogen (secondary N) is 2. The molecule has 142 valence electrons. The van der Waals surface area contributed by atoms with Crippen LogP contribution in [-0.4, -0.2) is 24.1 Å². The van der Waals surface area contributed by atoms with Gasteiger partial charge in [0.1, 0.15) is 12.4 Å². The van der Waals surface area contributed by atoms with E-state index in [1.54, 1.807) is 38.1 Å². The number of ether oxygens (including phenoxy) is 1. The molecular weight excluding hydrogens is 389 g/mol. The van der Waals surface area contributed by atoms with Crippen LogP contribution in [0.1, 0.15) is 25.0 Å². The van der Waals surface area contributed by atoms with Gasteiger partial charge in [-0.05, 0) is 38.1 Å². The van der Waals surface area contributed by atoms with E-state index in [4.69, 9.17) is 27.9 Å². The van der Waals surface area contributed by atoms with E-state index >= 15 is 0 Å². The summed E-state index contributed by atoms with van der Waals surface area (Å²) in [6.45, 7) is 3.76. The number of carbonyl (C=O) groups excluding carboxylic acids is 2. The summed E-state index contributed by atoms with van der Waals surface area (Å²) in [5, 5.41) is 7.35. The van der Waals surface area contributed by atoms with Crippen LogP contribution in [0.3, 0.4) is 0 Å². The summed E-state index contributed by atoms with van der Waals surface area (Å²) >= 11 is 12.1. The number of carbonyl (C=O) groups is 2. The van der Waals surface area contributed by atoms with Crippen LogP contribution in [0, 0.1) is 0 Å². The average molecular weight is 408 g/mol. The Morgan fingerprint density at radius 2 is 1.89 bits per heavy atom. The fourth-order valence-corrected chi connectivity index (χ4v) is 2.43. The first-order valence-electron chi connectivity index (χ1n) is 8.16. The third-order valence-electron chi connectivity index (χ3n) is 3.31. The van der Waals surface area contributed by atoms with Gasteiger partial charge in [0.05, 0.1) is 6.21 Å². The number of hydrogen-bond donors (Lipinski definition) is 2. The van der Waals surface area contributed by atoms with Crippen molar-refractivity contribution in [3.8, 4) is 5.75 Å². The largest absolute Gasteiger partial charge is 0.488 e. The van der Waals surface area contributed by atoms with Crippen molar-refractivity contribution in [1.82, 2.24) is 10.7 Å². The quantitative estimate of drug-likeness (QED) is 0.436. The van der Waals surface area contributed by atoms with E-state index in [0.717, 1.165) is 5.56 Å². The van der Waals surface area contributed by atoms with Gasteiger partial charge in [0, 0.05) is 27.2 Å². The Hall–Kier alpha value is -2.57. The first-order chi connectivity index (χ1) is 12.9. The molecule has 2 rings (SSSR count). The normalized spacial score (nSPS) is 10.9. The molecule has 0 saturated heterocycles. The molecule has 0 atom stereocenters. The molecule has 2 N–H and O–H groups in total. The number of hydrazone groups is 1. The number of amides is 2. The highest BCUT2D eigenvalue weighted by Crippen LogP contribution is 2.24. The summed E-state index contributed by atoms with van der Waals surface area (Å²) in [6, 6.07) is 12.2. The van der Waals surface area contributed by atoms with E-state index < -0.39 is 11.8 Å². The van der Waals surface area contributed by atoms with Crippen LogP contribution in [0.4, 0.5) is 0 Å². The second-order valence-electron chi connectivity index (χ2n) is 5.89. The third kappa shape index (κ3) is 6.58. The van der Waals surface area contributed by atoms with Crippen LogP contribution in [0.25, 0.3) is 0 Å². The molecule has 0 heterocycles. The molecule has 0 fully saturated rings. The molecule has 0 aliphatic rings. The Morgan fingerprint density at radius 1 is 1.15 bits per heavy atom. The van der Waals surface area contributed by atoms with Gasteiger partial charge in [0.25, 0.3) is 0 Å². The van der Waals surface area contributed by atoms with Gasteiger partial charge >= 0.3 is 11.8 Å². The standard InChI is InChI=1S/C19H19Cl2N3O3/c1-12(2)23-18(25)19(26)24-22-10-14-9-15(20)7-8-17(14)27-11-13-5-3-4-6-16(13)21/h3-10,12H,11H2,1-2H3,(H,23,25)(H,24,26)/b22-10-. The van der Waals surface area contributed by atoms with Crippen LogP contribution in [-0.2, 0) is 16.2 Å². The molecular formula is C19H19Cl2N3O3. The minimum atomic E-state index is -0.861. The van der Waals surface area contributed by atoms with Crippen LogP contribution < -0.4 is 15.5 Å². The van der Waals surface area contributed by atoms with Gasteiger partial charge in [-0.2, -0.15) is 5.10 Å². The highest BCUT2D eigenvalue weighted by Gasteiger charge is 2.13. The van der Waals surface area contributed by atoms with Crippen LogP contribution in [0.15, 0.2) is 47.6 Å². The van der Waals surface area contributed by atoms with Crippen molar-refractivity contribution in [3.63, 3.8) is 0 Å². The SMILES string of the molecule is CC(C)NC(=O)C(=O)N/N=C\c1cc(Cl)ccc1OCc1ccccc1Cl. The zero-order valence-electron chi connectivity index (χ0n) is 14.8. The maximum atomic E-state index is 11.7. The fourth-order valence-electron chi connectivity index (χ4n) is 2.06. The molecule has 0 unspecified atom stereocenters. The summed E-state index contributed by atoms with van der Waals surface area (Å²) in [6.07, 6.45) is 1.36. The number of hydrogen-bond acceptors (Lipinski definition) is 4. The number of benzene rings is 2. The lowest BCUT2D eigenvalue weighted by Crippen LogP contribution is -2.41. The number of rotatable bonds is 6. The van der Waals surface area contributed by atoms with Crippen molar-refractivity contribution in [2.24, 2.45) is 5.10 Å². The Morgan fingerprint density at radius 3 is 2.59 bits per heavy atom. The summed E-state index contributed by atoms with van der Waals surface area (Å²) < 4.78 is 5.79. The Labute approximate surface area is 167 Å². The van der Waals surface area contributed by atoms with Gasteiger partial charge in [0.15, 0.2) is 0 Å². The van der Waals surface area contributed by atoms with Gasteiger partial charge < -0.3 is 10.1 Å². The predicted octanol–water partition coefficient (Wildman–Crippen LogP) is 3.55. The van der Waals surface area contributed by atoms with Crippen LogP contribution in [0.5, 0.6) is 5.75 Å². The number of halogens is 2. The lowest BCUT2D eigenvalue weighted by Gasteiger charge is -2.10. The zero-order valence-corrected chi connectivity index (χ0v) is 16.3. The molecule has 0 saturated carbocycles. The van der Waals surface area contributed by atoms with Gasteiger partial charge in [0.2, 0.25) is 0 Å². The Kier molecular flexibility index (Phi) is 7.64. The van der Waals surface area contributed by atoms with Gasteiger partial charge in [-0.1, -0.05) is 41.4 Å². The van der Waals surface area contributed by atoms with Crippen molar-refractivity contribution in [1.29, 1.82) is 0 Å². The summed E-state index contributed by atoms with van der Waals surface area (Å²) in [5.74, 6) is -1.12. The molecule has 0 spiro atoms. The summed E-state index contributed by atoms with van der Waals surface area (Å²) in [7, 11) is 0. The predicted molar refractivity (Wildman–Crippen MR) is 106 cm³/mol. The van der Waals surface area contributed by atoms with Crippen LogP contribution in [0.2, 0.25) is 10.0 Å². The Bertz CT molecular complexity index is 854. The Balaban J connectivity index is 2.05. The molecule has 2 aromatic carbocycles. The average Bonchev–Trinajstić information content (AvgIpc) is 2.61. The van der Waals surface area contributed by atoms with Crippen molar-refractivity contribution in [2.75, 3.05) is 0 Å². The molecule has 8 heteroatoms. The molecule has 2 amide bonds. The molecule has 0 aliphatic carbocycles. The van der Waals surface area contributed by atoms with Crippen molar-refractivity contribution in [2.45, 2.75) is 26.5 Å². The van der Waals surface area contributed by atoms with E-state index in [1.807, 2.05) is 18.2 Å². The topological polar surface area (TPSA) is 79.8 Å². The summed E-state index contributed by atoms with van der Waals surface area (Å²) in [5.41, 5.74) is 3.53. The van der Waals surface area contributed by atoms with Crippen molar-refractivity contribution < 1.29 is 14.3 Å². The first-order valence-corrected chi connectivity index (χ1v) is 8.92.